The van der Waals surface area contributed by atoms with E-state index in [1.54, 1.807) is 7.11 Å². The molecule has 0 unspecified atom stereocenters. The predicted octanol–water partition coefficient (Wildman–Crippen LogP) is 4.35. The van der Waals surface area contributed by atoms with Gasteiger partial charge in [-0.25, -0.2) is 14.4 Å². The SMILES string of the molecule is COc1ccc2nc(Nc3ncc(Br)cc3F)sc2c1. The fraction of sp³-hybridized carbons (Fsp3) is 0.0769. The van der Waals surface area contributed by atoms with Gasteiger partial charge < -0.3 is 10.1 Å². The summed E-state index contributed by atoms with van der Waals surface area (Å²) < 4.78 is 20.4. The molecule has 0 aliphatic heterocycles. The molecule has 102 valence electrons. The maximum atomic E-state index is 13.7. The molecule has 0 spiro atoms. The maximum absolute atomic E-state index is 13.7. The molecule has 0 aliphatic carbocycles. The fourth-order valence-corrected chi connectivity index (χ4v) is 2.89. The lowest BCUT2D eigenvalue weighted by molar-refractivity contribution is 0.415. The van der Waals surface area contributed by atoms with Crippen LogP contribution in [0, 0.1) is 5.82 Å². The number of hydrogen-bond acceptors (Lipinski definition) is 5. The zero-order chi connectivity index (χ0) is 14.1. The van der Waals surface area contributed by atoms with E-state index < -0.39 is 5.82 Å². The summed E-state index contributed by atoms with van der Waals surface area (Å²) in [5, 5.41) is 3.47. The van der Waals surface area contributed by atoms with Crippen molar-refractivity contribution in [2.24, 2.45) is 0 Å². The van der Waals surface area contributed by atoms with E-state index in [2.05, 4.69) is 31.2 Å². The quantitative estimate of drug-likeness (QED) is 0.760. The molecule has 0 bridgehead atoms. The third-order valence-corrected chi connectivity index (χ3v) is 4.00. The fourth-order valence-electron chi connectivity index (χ4n) is 1.69. The van der Waals surface area contributed by atoms with Crippen LogP contribution in [-0.2, 0) is 0 Å². The van der Waals surface area contributed by atoms with Crippen molar-refractivity contribution in [2.45, 2.75) is 0 Å². The van der Waals surface area contributed by atoms with Gasteiger partial charge in [-0.15, -0.1) is 0 Å². The van der Waals surface area contributed by atoms with E-state index in [9.17, 15) is 4.39 Å². The average molecular weight is 354 g/mol. The highest BCUT2D eigenvalue weighted by Gasteiger charge is 2.09. The van der Waals surface area contributed by atoms with Gasteiger partial charge in [-0.05, 0) is 40.2 Å². The molecule has 20 heavy (non-hydrogen) atoms. The Kier molecular flexibility index (Phi) is 3.54. The first-order valence-electron chi connectivity index (χ1n) is 5.68. The topological polar surface area (TPSA) is 47.0 Å². The highest BCUT2D eigenvalue weighted by Crippen LogP contribution is 2.31. The van der Waals surface area contributed by atoms with Crippen molar-refractivity contribution >= 4 is 48.4 Å². The van der Waals surface area contributed by atoms with Crippen molar-refractivity contribution in [2.75, 3.05) is 12.4 Å². The van der Waals surface area contributed by atoms with Crippen LogP contribution in [0.3, 0.4) is 0 Å². The van der Waals surface area contributed by atoms with Crippen molar-refractivity contribution in [3.8, 4) is 5.75 Å². The van der Waals surface area contributed by atoms with Crippen molar-refractivity contribution < 1.29 is 9.13 Å². The Hall–Kier alpha value is -1.73. The van der Waals surface area contributed by atoms with E-state index in [1.165, 1.54) is 23.6 Å². The van der Waals surface area contributed by atoms with Gasteiger partial charge in [0.2, 0.25) is 0 Å². The van der Waals surface area contributed by atoms with E-state index in [4.69, 9.17) is 4.74 Å². The Morgan fingerprint density at radius 2 is 2.20 bits per heavy atom. The molecule has 0 radical (unpaired) electrons. The van der Waals surface area contributed by atoms with Gasteiger partial charge in [0.1, 0.15) is 5.75 Å². The summed E-state index contributed by atoms with van der Waals surface area (Å²) >= 11 is 4.58. The summed E-state index contributed by atoms with van der Waals surface area (Å²) in [6, 6.07) is 6.95. The van der Waals surface area contributed by atoms with Gasteiger partial charge in [0.15, 0.2) is 16.8 Å². The minimum absolute atomic E-state index is 0.152. The zero-order valence-electron chi connectivity index (χ0n) is 10.4. The maximum Gasteiger partial charge on any atom is 0.189 e. The summed E-state index contributed by atoms with van der Waals surface area (Å²) in [5.41, 5.74) is 0.829. The number of aromatic nitrogens is 2. The Labute approximate surface area is 126 Å². The Morgan fingerprint density at radius 1 is 1.35 bits per heavy atom. The molecular weight excluding hydrogens is 345 g/mol. The number of nitrogens with zero attached hydrogens (tertiary/aromatic N) is 2. The van der Waals surface area contributed by atoms with Crippen molar-refractivity contribution in [1.29, 1.82) is 0 Å². The number of thiazole rings is 1. The minimum Gasteiger partial charge on any atom is -0.497 e. The lowest BCUT2D eigenvalue weighted by Gasteiger charge is -2.02. The first-order chi connectivity index (χ1) is 9.65. The van der Waals surface area contributed by atoms with Crippen LogP contribution in [0.1, 0.15) is 0 Å². The Balaban J connectivity index is 1.94. The van der Waals surface area contributed by atoms with E-state index in [0.29, 0.717) is 9.60 Å². The number of anilines is 2. The van der Waals surface area contributed by atoms with Crippen LogP contribution in [0.25, 0.3) is 10.2 Å². The number of methoxy groups -OCH3 is 1. The second-order valence-electron chi connectivity index (χ2n) is 3.96. The van der Waals surface area contributed by atoms with E-state index in [-0.39, 0.29) is 5.82 Å². The van der Waals surface area contributed by atoms with Crippen LogP contribution in [0.2, 0.25) is 0 Å². The van der Waals surface area contributed by atoms with E-state index in [0.717, 1.165) is 16.0 Å². The number of hydrogen-bond donors (Lipinski definition) is 1. The van der Waals surface area contributed by atoms with Crippen LogP contribution < -0.4 is 10.1 Å². The van der Waals surface area contributed by atoms with Crippen LogP contribution in [0.15, 0.2) is 34.9 Å². The van der Waals surface area contributed by atoms with Gasteiger partial charge in [0, 0.05) is 10.7 Å². The first kappa shape index (κ1) is 13.3. The standard InChI is InChI=1S/C13H9BrFN3OS/c1-19-8-2-3-10-11(5-8)20-13(17-10)18-12-9(15)4-7(14)6-16-12/h2-6H,1H3,(H,16,17,18). The molecule has 0 atom stereocenters. The number of rotatable bonds is 3. The normalized spacial score (nSPS) is 10.8. The van der Waals surface area contributed by atoms with Gasteiger partial charge in [0.25, 0.3) is 0 Å². The largest absolute Gasteiger partial charge is 0.497 e. The van der Waals surface area contributed by atoms with Crippen LogP contribution in [0.5, 0.6) is 5.75 Å². The molecule has 0 saturated carbocycles. The highest BCUT2D eigenvalue weighted by molar-refractivity contribution is 9.10. The Morgan fingerprint density at radius 3 is 2.95 bits per heavy atom. The predicted molar refractivity (Wildman–Crippen MR) is 81.3 cm³/mol. The third-order valence-electron chi connectivity index (χ3n) is 2.63. The lowest BCUT2D eigenvalue weighted by atomic mass is 10.3. The molecule has 0 saturated heterocycles. The molecular formula is C13H9BrFN3OS. The Bertz CT molecular complexity index is 777. The molecule has 1 aromatic carbocycles. The molecule has 1 N–H and O–H groups in total. The average Bonchev–Trinajstić information content (AvgIpc) is 2.83. The first-order valence-corrected chi connectivity index (χ1v) is 7.29. The molecule has 3 rings (SSSR count). The van der Waals surface area contributed by atoms with Crippen LogP contribution in [-0.4, -0.2) is 17.1 Å². The van der Waals surface area contributed by atoms with Crippen LogP contribution in [0.4, 0.5) is 15.3 Å². The summed E-state index contributed by atoms with van der Waals surface area (Å²) in [5.74, 6) is 0.482. The number of pyridine rings is 1. The molecule has 4 nitrogen and oxygen atoms in total. The van der Waals surface area contributed by atoms with Gasteiger partial charge in [-0.1, -0.05) is 11.3 Å². The van der Waals surface area contributed by atoms with Gasteiger partial charge >= 0.3 is 0 Å². The number of benzene rings is 1. The monoisotopic (exact) mass is 353 g/mol. The second kappa shape index (κ2) is 5.34. The zero-order valence-corrected chi connectivity index (χ0v) is 12.8. The van der Waals surface area contributed by atoms with Crippen molar-refractivity contribution in [3.05, 3.63) is 40.8 Å². The lowest BCUT2D eigenvalue weighted by Crippen LogP contribution is -1.96. The number of ether oxygens (including phenoxy) is 1. The molecule has 2 aromatic heterocycles. The number of halogens is 2. The van der Waals surface area contributed by atoms with Gasteiger partial charge in [-0.3, -0.25) is 0 Å². The van der Waals surface area contributed by atoms with Crippen molar-refractivity contribution in [1.82, 2.24) is 9.97 Å². The molecule has 0 aliphatic rings. The van der Waals surface area contributed by atoms with Crippen LogP contribution >= 0.6 is 27.3 Å². The van der Waals surface area contributed by atoms with Gasteiger partial charge in [0.05, 0.1) is 17.3 Å². The number of fused-ring (bicyclic) bond motifs is 1. The van der Waals surface area contributed by atoms with Crippen molar-refractivity contribution in [3.63, 3.8) is 0 Å². The molecule has 0 fully saturated rings. The molecule has 3 aromatic rings. The minimum atomic E-state index is -0.434. The summed E-state index contributed by atoms with van der Waals surface area (Å²) in [4.78, 5) is 8.37. The van der Waals surface area contributed by atoms with Gasteiger partial charge in [-0.2, -0.15) is 0 Å². The smallest absolute Gasteiger partial charge is 0.189 e. The molecule has 7 heteroatoms. The van der Waals surface area contributed by atoms with E-state index in [1.807, 2.05) is 18.2 Å². The molecule has 0 amide bonds. The highest BCUT2D eigenvalue weighted by atomic mass is 79.9. The third kappa shape index (κ3) is 2.59. The summed E-state index contributed by atoms with van der Waals surface area (Å²) in [7, 11) is 1.61. The second-order valence-corrected chi connectivity index (χ2v) is 5.91. The summed E-state index contributed by atoms with van der Waals surface area (Å²) in [6.45, 7) is 0. The summed E-state index contributed by atoms with van der Waals surface area (Å²) in [6.07, 6.45) is 1.53. The number of nitrogens with one attached hydrogen (secondary N) is 1. The molecule has 2 heterocycles. The van der Waals surface area contributed by atoms with E-state index >= 15 is 0 Å².